The van der Waals surface area contributed by atoms with Crippen molar-refractivity contribution in [2.75, 3.05) is 14.2 Å². The molecule has 2 heterocycles. The third-order valence-electron chi connectivity index (χ3n) is 3.02. The Balaban J connectivity index is 2.22. The maximum absolute atomic E-state index is 5.35. The fraction of sp³-hybridized carbons (Fsp3) is 0.615. The molecule has 0 radical (unpaired) electrons. The van der Waals surface area contributed by atoms with Crippen LogP contribution in [0.2, 0.25) is 0 Å². The number of ether oxygens (including phenoxy) is 2. The summed E-state index contributed by atoms with van der Waals surface area (Å²) in [4.78, 5) is 9.17. The van der Waals surface area contributed by atoms with E-state index in [1.807, 2.05) is 6.07 Å². The lowest BCUT2D eigenvalue weighted by Gasteiger charge is -2.26. The van der Waals surface area contributed by atoms with Crippen LogP contribution >= 0.6 is 0 Å². The van der Waals surface area contributed by atoms with Crippen LogP contribution in [0.3, 0.4) is 0 Å². The van der Waals surface area contributed by atoms with Gasteiger partial charge in [-0.05, 0) is 5.92 Å². The highest BCUT2D eigenvalue weighted by Gasteiger charge is 2.31. The lowest BCUT2D eigenvalue weighted by Crippen LogP contribution is -2.38. The summed E-state index contributed by atoms with van der Waals surface area (Å²) in [6.45, 7) is 4.15. The van der Waals surface area contributed by atoms with Gasteiger partial charge in [0.15, 0.2) is 0 Å². The molecule has 0 aliphatic carbocycles. The standard InChI is InChI=1S/C13H19N3O3/c1-8(2)11-13(18-4)15-10(12(16-11)17-3)7-9-5-6-14-19-9/h5-6,8,10-11H,7H2,1-4H3/t10-,11+/m0/s1. The van der Waals surface area contributed by atoms with Crippen molar-refractivity contribution >= 4 is 11.8 Å². The smallest absolute Gasteiger partial charge is 0.209 e. The minimum Gasteiger partial charge on any atom is -0.483 e. The summed E-state index contributed by atoms with van der Waals surface area (Å²) < 4.78 is 15.8. The summed E-state index contributed by atoms with van der Waals surface area (Å²) in [5.74, 6) is 2.29. The zero-order valence-electron chi connectivity index (χ0n) is 11.7. The molecular formula is C13H19N3O3. The first-order valence-electron chi connectivity index (χ1n) is 6.28. The molecule has 0 bridgehead atoms. The summed E-state index contributed by atoms with van der Waals surface area (Å²) >= 11 is 0. The molecule has 19 heavy (non-hydrogen) atoms. The highest BCUT2D eigenvalue weighted by atomic mass is 16.5. The number of aliphatic imine (C=N–C) groups is 2. The van der Waals surface area contributed by atoms with E-state index in [0.29, 0.717) is 24.1 Å². The van der Waals surface area contributed by atoms with Gasteiger partial charge in [0.25, 0.3) is 0 Å². The van der Waals surface area contributed by atoms with Gasteiger partial charge < -0.3 is 14.0 Å². The maximum Gasteiger partial charge on any atom is 0.209 e. The zero-order valence-corrected chi connectivity index (χ0v) is 11.7. The number of hydrogen-bond acceptors (Lipinski definition) is 6. The van der Waals surface area contributed by atoms with Crippen LogP contribution in [0.1, 0.15) is 19.6 Å². The summed E-state index contributed by atoms with van der Waals surface area (Å²) in [5.41, 5.74) is 0. The second-order valence-corrected chi connectivity index (χ2v) is 4.73. The average molecular weight is 265 g/mol. The van der Waals surface area contributed by atoms with Crippen LogP contribution in [0, 0.1) is 5.92 Å². The third-order valence-corrected chi connectivity index (χ3v) is 3.02. The fourth-order valence-electron chi connectivity index (χ4n) is 2.03. The highest BCUT2D eigenvalue weighted by molar-refractivity contribution is 5.94. The van der Waals surface area contributed by atoms with Crippen LogP contribution in [0.25, 0.3) is 0 Å². The molecule has 0 spiro atoms. The molecule has 0 N–H and O–H groups in total. The minimum atomic E-state index is -0.220. The van der Waals surface area contributed by atoms with Gasteiger partial charge in [0.1, 0.15) is 17.8 Å². The molecule has 0 amide bonds. The van der Waals surface area contributed by atoms with Gasteiger partial charge in [-0.25, -0.2) is 9.98 Å². The fourth-order valence-corrected chi connectivity index (χ4v) is 2.03. The van der Waals surface area contributed by atoms with Crippen molar-refractivity contribution in [3.63, 3.8) is 0 Å². The lowest BCUT2D eigenvalue weighted by molar-refractivity contribution is 0.325. The summed E-state index contributed by atoms with van der Waals surface area (Å²) in [6.07, 6.45) is 2.17. The Kier molecular flexibility index (Phi) is 4.19. The molecule has 2 rings (SSSR count). The number of rotatable bonds is 3. The van der Waals surface area contributed by atoms with E-state index in [-0.39, 0.29) is 12.1 Å². The number of hydrogen-bond donors (Lipinski definition) is 0. The first kappa shape index (κ1) is 13.6. The van der Waals surface area contributed by atoms with E-state index in [0.717, 1.165) is 5.76 Å². The Morgan fingerprint density at radius 1 is 1.21 bits per heavy atom. The Hall–Kier alpha value is -1.85. The second-order valence-electron chi connectivity index (χ2n) is 4.73. The molecule has 0 saturated carbocycles. The summed E-state index contributed by atoms with van der Waals surface area (Å²) in [6, 6.07) is 1.50. The summed E-state index contributed by atoms with van der Waals surface area (Å²) in [7, 11) is 3.23. The van der Waals surface area contributed by atoms with Crippen LogP contribution in [0.5, 0.6) is 0 Å². The quantitative estimate of drug-likeness (QED) is 0.834. The van der Waals surface area contributed by atoms with Crippen molar-refractivity contribution in [2.45, 2.75) is 32.4 Å². The van der Waals surface area contributed by atoms with E-state index in [9.17, 15) is 0 Å². The maximum atomic E-state index is 5.35. The molecular weight excluding hydrogens is 246 g/mol. The molecule has 1 aliphatic heterocycles. The van der Waals surface area contributed by atoms with E-state index >= 15 is 0 Å². The molecule has 1 aromatic rings. The van der Waals surface area contributed by atoms with Crippen molar-refractivity contribution in [3.05, 3.63) is 18.0 Å². The van der Waals surface area contributed by atoms with Gasteiger partial charge in [0, 0.05) is 12.5 Å². The second kappa shape index (κ2) is 5.86. The first-order chi connectivity index (χ1) is 9.15. The lowest BCUT2D eigenvalue weighted by atomic mass is 10.0. The van der Waals surface area contributed by atoms with Gasteiger partial charge >= 0.3 is 0 Å². The Morgan fingerprint density at radius 3 is 2.47 bits per heavy atom. The topological polar surface area (TPSA) is 69.2 Å². The molecule has 104 valence electrons. The van der Waals surface area contributed by atoms with Crippen LogP contribution in [0.15, 0.2) is 26.8 Å². The predicted octanol–water partition coefficient (Wildman–Crippen LogP) is 1.71. The van der Waals surface area contributed by atoms with Crippen LogP contribution in [0.4, 0.5) is 0 Å². The van der Waals surface area contributed by atoms with Crippen LogP contribution in [-0.2, 0) is 15.9 Å². The van der Waals surface area contributed by atoms with E-state index in [1.165, 1.54) is 0 Å². The van der Waals surface area contributed by atoms with Crippen molar-refractivity contribution < 1.29 is 14.0 Å². The van der Waals surface area contributed by atoms with Gasteiger partial charge in [-0.2, -0.15) is 0 Å². The van der Waals surface area contributed by atoms with Crippen LogP contribution < -0.4 is 0 Å². The zero-order chi connectivity index (χ0) is 13.8. The van der Waals surface area contributed by atoms with Crippen molar-refractivity contribution in [3.8, 4) is 0 Å². The average Bonchev–Trinajstić information content (AvgIpc) is 2.90. The van der Waals surface area contributed by atoms with E-state index in [1.54, 1.807) is 20.4 Å². The molecule has 0 unspecified atom stereocenters. The Labute approximate surface area is 112 Å². The van der Waals surface area contributed by atoms with Crippen molar-refractivity contribution in [1.82, 2.24) is 5.16 Å². The van der Waals surface area contributed by atoms with E-state index in [2.05, 4.69) is 29.0 Å². The first-order valence-corrected chi connectivity index (χ1v) is 6.28. The Morgan fingerprint density at radius 2 is 1.95 bits per heavy atom. The number of aromatic nitrogens is 1. The third kappa shape index (κ3) is 2.94. The Bertz CT molecular complexity index is 465. The van der Waals surface area contributed by atoms with E-state index in [4.69, 9.17) is 14.0 Å². The normalized spacial score (nSPS) is 23.0. The molecule has 1 aliphatic rings. The largest absolute Gasteiger partial charge is 0.483 e. The SMILES string of the molecule is COC1=N[C@H](C(C)C)C(OC)=N[C@H]1Cc1ccno1. The van der Waals surface area contributed by atoms with Gasteiger partial charge in [-0.15, -0.1) is 0 Å². The highest BCUT2D eigenvalue weighted by Crippen LogP contribution is 2.19. The molecule has 1 aromatic heterocycles. The number of methoxy groups -OCH3 is 2. The molecule has 6 nitrogen and oxygen atoms in total. The molecule has 0 fully saturated rings. The summed E-state index contributed by atoms with van der Waals surface area (Å²) in [5, 5.41) is 3.69. The molecule has 0 saturated heterocycles. The molecule has 6 heteroatoms. The predicted molar refractivity (Wildman–Crippen MR) is 71.5 cm³/mol. The van der Waals surface area contributed by atoms with Crippen molar-refractivity contribution in [2.24, 2.45) is 15.9 Å². The monoisotopic (exact) mass is 265 g/mol. The number of nitrogens with zero attached hydrogens (tertiary/aromatic N) is 3. The van der Waals surface area contributed by atoms with Gasteiger partial charge in [0.2, 0.25) is 11.8 Å². The van der Waals surface area contributed by atoms with Crippen molar-refractivity contribution in [1.29, 1.82) is 0 Å². The van der Waals surface area contributed by atoms with Gasteiger partial charge in [-0.3, -0.25) is 0 Å². The van der Waals surface area contributed by atoms with Crippen LogP contribution in [-0.4, -0.2) is 43.3 Å². The van der Waals surface area contributed by atoms with Gasteiger partial charge in [-0.1, -0.05) is 19.0 Å². The van der Waals surface area contributed by atoms with Gasteiger partial charge in [0.05, 0.1) is 20.4 Å². The minimum absolute atomic E-state index is 0.0917. The van der Waals surface area contributed by atoms with E-state index < -0.39 is 0 Å². The molecule has 0 aromatic carbocycles. The molecule has 2 atom stereocenters.